The number of aliphatic hydroxyl groups excluding tert-OH is 1. The normalized spacial score (nSPS) is 10.9. The van der Waals surface area contributed by atoms with E-state index < -0.39 is 0 Å². The molecule has 0 fully saturated rings. The Balaban J connectivity index is 2.24. The molecule has 4 heteroatoms. The Labute approximate surface area is 120 Å². The van der Waals surface area contributed by atoms with Crippen molar-refractivity contribution in [2.24, 2.45) is 0 Å². The van der Waals surface area contributed by atoms with Gasteiger partial charge < -0.3 is 10.0 Å². The monoisotopic (exact) mass is 283 g/mol. The van der Waals surface area contributed by atoms with Gasteiger partial charge in [-0.25, -0.2) is 0 Å². The second kappa shape index (κ2) is 9.08. The first kappa shape index (κ1) is 16.2. The van der Waals surface area contributed by atoms with Gasteiger partial charge in [-0.05, 0) is 57.1 Å². The third kappa shape index (κ3) is 6.71. The third-order valence-electron chi connectivity index (χ3n) is 3.08. The van der Waals surface area contributed by atoms with E-state index in [0.29, 0.717) is 11.4 Å². The van der Waals surface area contributed by atoms with Crippen LogP contribution in [0.2, 0.25) is 5.02 Å². The number of carbonyl (C=O) groups excluding carboxylic acids is 1. The molecule has 0 radical (unpaired) electrons. The Bertz CT molecular complexity index is 378. The molecule has 106 valence electrons. The molecule has 0 aliphatic carbocycles. The zero-order valence-electron chi connectivity index (χ0n) is 11.4. The highest BCUT2D eigenvalue weighted by Gasteiger charge is 2.07. The lowest BCUT2D eigenvalue weighted by atomic mass is 10.1. The Morgan fingerprint density at radius 2 is 1.84 bits per heavy atom. The van der Waals surface area contributed by atoms with E-state index >= 15 is 0 Å². The van der Waals surface area contributed by atoms with E-state index in [1.807, 2.05) is 7.05 Å². The molecule has 0 aromatic heterocycles. The van der Waals surface area contributed by atoms with Gasteiger partial charge in [0.15, 0.2) is 5.78 Å². The predicted molar refractivity (Wildman–Crippen MR) is 78.8 cm³/mol. The van der Waals surface area contributed by atoms with Crippen molar-refractivity contribution in [2.75, 3.05) is 26.7 Å². The summed E-state index contributed by atoms with van der Waals surface area (Å²) in [6, 6.07) is 7.03. The highest BCUT2D eigenvalue weighted by molar-refractivity contribution is 6.30. The van der Waals surface area contributed by atoms with Crippen molar-refractivity contribution in [1.29, 1.82) is 0 Å². The Morgan fingerprint density at radius 1 is 1.16 bits per heavy atom. The van der Waals surface area contributed by atoms with E-state index in [1.165, 1.54) is 0 Å². The van der Waals surface area contributed by atoms with Crippen LogP contribution in [0.15, 0.2) is 24.3 Å². The van der Waals surface area contributed by atoms with Gasteiger partial charge in [0.2, 0.25) is 0 Å². The number of nitrogens with zero attached hydrogens (tertiary/aromatic N) is 1. The van der Waals surface area contributed by atoms with E-state index in [9.17, 15) is 4.79 Å². The lowest BCUT2D eigenvalue weighted by Crippen LogP contribution is -2.23. The summed E-state index contributed by atoms with van der Waals surface area (Å²) in [6.07, 6.45) is 3.48. The van der Waals surface area contributed by atoms with Gasteiger partial charge in [-0.2, -0.15) is 0 Å². The summed E-state index contributed by atoms with van der Waals surface area (Å²) in [7, 11) is 2.02. The molecular weight excluding hydrogens is 262 g/mol. The highest BCUT2D eigenvalue weighted by Crippen LogP contribution is 2.11. The topological polar surface area (TPSA) is 40.5 Å². The maximum Gasteiger partial charge on any atom is 0.164 e. The van der Waals surface area contributed by atoms with E-state index in [4.69, 9.17) is 16.7 Å². The van der Waals surface area contributed by atoms with Crippen LogP contribution in [-0.2, 0) is 0 Å². The minimum Gasteiger partial charge on any atom is -0.396 e. The maximum absolute atomic E-state index is 11.9. The van der Waals surface area contributed by atoms with E-state index in [0.717, 1.165) is 37.9 Å². The van der Waals surface area contributed by atoms with Crippen LogP contribution in [0.25, 0.3) is 0 Å². The largest absolute Gasteiger partial charge is 0.396 e. The molecule has 1 N–H and O–H groups in total. The zero-order chi connectivity index (χ0) is 14.1. The first-order valence-corrected chi connectivity index (χ1v) is 7.09. The van der Waals surface area contributed by atoms with Crippen molar-refractivity contribution in [3.8, 4) is 0 Å². The molecule has 0 bridgehead atoms. The summed E-state index contributed by atoms with van der Waals surface area (Å²) in [5.74, 6) is 0.152. The van der Waals surface area contributed by atoms with Crippen molar-refractivity contribution >= 4 is 17.4 Å². The number of ketones is 1. The molecule has 0 atom stereocenters. The number of hydrogen-bond donors (Lipinski definition) is 1. The summed E-state index contributed by atoms with van der Waals surface area (Å²) < 4.78 is 0. The number of hydrogen-bond acceptors (Lipinski definition) is 3. The van der Waals surface area contributed by atoms with Crippen LogP contribution < -0.4 is 0 Å². The fraction of sp³-hybridized carbons (Fsp3) is 0.533. The molecule has 19 heavy (non-hydrogen) atoms. The first-order valence-electron chi connectivity index (χ1n) is 6.71. The van der Waals surface area contributed by atoms with E-state index in [-0.39, 0.29) is 12.4 Å². The SMILES string of the molecule is CN(CCCCCO)CCC(=O)c1ccc(Cl)cc1. The minimum atomic E-state index is 0.152. The van der Waals surface area contributed by atoms with E-state index in [2.05, 4.69) is 4.90 Å². The van der Waals surface area contributed by atoms with Gasteiger partial charge in [0.05, 0.1) is 0 Å². The first-order chi connectivity index (χ1) is 9.13. The van der Waals surface area contributed by atoms with E-state index in [1.54, 1.807) is 24.3 Å². The quantitative estimate of drug-likeness (QED) is 0.559. The van der Waals surface area contributed by atoms with Gasteiger partial charge in [0.25, 0.3) is 0 Å². The second-order valence-corrected chi connectivity index (χ2v) is 5.20. The molecular formula is C15H22ClNO2. The maximum atomic E-state index is 11.9. The molecule has 0 heterocycles. The van der Waals surface area contributed by atoms with Gasteiger partial charge >= 0.3 is 0 Å². The lowest BCUT2D eigenvalue weighted by molar-refractivity contribution is 0.0969. The average Bonchev–Trinajstić information content (AvgIpc) is 2.42. The zero-order valence-corrected chi connectivity index (χ0v) is 12.2. The molecule has 0 spiro atoms. The van der Waals surface area contributed by atoms with Crippen LogP contribution >= 0.6 is 11.6 Å². The molecule has 1 aromatic carbocycles. The number of Topliss-reactive ketones (excluding diaryl/α,β-unsaturated/α-hetero) is 1. The number of benzene rings is 1. The van der Waals surface area contributed by atoms with Crippen molar-refractivity contribution in [3.05, 3.63) is 34.9 Å². The smallest absolute Gasteiger partial charge is 0.164 e. The summed E-state index contributed by atoms with van der Waals surface area (Å²) in [5, 5.41) is 9.34. The standard InChI is InChI=1S/C15H22ClNO2/c1-17(10-3-2-4-12-18)11-9-15(19)13-5-7-14(16)8-6-13/h5-8,18H,2-4,9-12H2,1H3. The van der Waals surface area contributed by atoms with Gasteiger partial charge in [0.1, 0.15) is 0 Å². The number of unbranched alkanes of at least 4 members (excludes halogenated alkanes) is 2. The van der Waals surface area contributed by atoms with Crippen LogP contribution in [0.4, 0.5) is 0 Å². The number of carbonyl (C=O) groups is 1. The van der Waals surface area contributed by atoms with Gasteiger partial charge in [0, 0.05) is 30.2 Å². The molecule has 0 saturated heterocycles. The second-order valence-electron chi connectivity index (χ2n) is 4.77. The Kier molecular flexibility index (Phi) is 7.72. The summed E-state index contributed by atoms with van der Waals surface area (Å²) >= 11 is 5.79. The fourth-order valence-electron chi connectivity index (χ4n) is 1.85. The molecule has 3 nitrogen and oxygen atoms in total. The van der Waals surface area contributed by atoms with Crippen LogP contribution in [0.3, 0.4) is 0 Å². The molecule has 1 aromatic rings. The molecule has 0 saturated carbocycles. The predicted octanol–water partition coefficient (Wildman–Crippen LogP) is 3.01. The molecule has 0 aliphatic rings. The number of halogens is 1. The van der Waals surface area contributed by atoms with Crippen LogP contribution in [-0.4, -0.2) is 42.5 Å². The molecule has 0 unspecified atom stereocenters. The van der Waals surface area contributed by atoms with Crippen molar-refractivity contribution in [3.63, 3.8) is 0 Å². The van der Waals surface area contributed by atoms with Crippen LogP contribution in [0.1, 0.15) is 36.0 Å². The van der Waals surface area contributed by atoms with Gasteiger partial charge in [-0.15, -0.1) is 0 Å². The van der Waals surface area contributed by atoms with Crippen molar-refractivity contribution in [2.45, 2.75) is 25.7 Å². The molecule has 0 amide bonds. The van der Waals surface area contributed by atoms with Crippen LogP contribution in [0, 0.1) is 0 Å². The minimum absolute atomic E-state index is 0.152. The third-order valence-corrected chi connectivity index (χ3v) is 3.34. The Morgan fingerprint density at radius 3 is 2.47 bits per heavy atom. The highest BCUT2D eigenvalue weighted by atomic mass is 35.5. The average molecular weight is 284 g/mol. The van der Waals surface area contributed by atoms with Crippen molar-refractivity contribution in [1.82, 2.24) is 4.90 Å². The summed E-state index contributed by atoms with van der Waals surface area (Å²) in [6.45, 7) is 1.99. The van der Waals surface area contributed by atoms with Gasteiger partial charge in [-0.3, -0.25) is 4.79 Å². The summed E-state index contributed by atoms with van der Waals surface area (Å²) in [4.78, 5) is 14.1. The molecule has 1 rings (SSSR count). The lowest BCUT2D eigenvalue weighted by Gasteiger charge is -2.15. The number of aliphatic hydroxyl groups is 1. The van der Waals surface area contributed by atoms with Crippen LogP contribution in [0.5, 0.6) is 0 Å². The number of rotatable bonds is 9. The summed E-state index contributed by atoms with van der Waals surface area (Å²) in [5.41, 5.74) is 0.720. The molecule has 0 aliphatic heterocycles. The van der Waals surface area contributed by atoms with Gasteiger partial charge in [-0.1, -0.05) is 11.6 Å². The fourth-order valence-corrected chi connectivity index (χ4v) is 1.98. The van der Waals surface area contributed by atoms with Crippen molar-refractivity contribution < 1.29 is 9.90 Å². The Hall–Kier alpha value is -0.900.